The molecule has 4 aromatic rings. The number of fused-ring (bicyclic) bond motifs is 1. The molecule has 0 radical (unpaired) electrons. The van der Waals surface area contributed by atoms with Crippen molar-refractivity contribution < 1.29 is 19.4 Å². The predicted molar refractivity (Wildman–Crippen MR) is 127 cm³/mol. The number of Topliss-reactive ketones (excluding diaryl/α,β-unsaturated/α-hetero) is 1. The van der Waals surface area contributed by atoms with Crippen molar-refractivity contribution in [2.45, 2.75) is 13.0 Å². The number of ether oxygens (including phenoxy) is 1. The number of rotatable bonds is 4. The fourth-order valence-electron chi connectivity index (χ4n) is 4.45. The lowest BCUT2D eigenvalue weighted by molar-refractivity contribution is -0.132. The summed E-state index contributed by atoms with van der Waals surface area (Å²) in [5.41, 5.74) is 3.47. The Hall–Kier alpha value is -4.32. The van der Waals surface area contributed by atoms with Gasteiger partial charge in [0.25, 0.3) is 11.7 Å². The highest BCUT2D eigenvalue weighted by Gasteiger charge is 2.47. The number of aryl methyl sites for hydroxylation is 1. The maximum Gasteiger partial charge on any atom is 0.300 e. The lowest BCUT2D eigenvalue weighted by Gasteiger charge is -2.27. The summed E-state index contributed by atoms with van der Waals surface area (Å²) in [6.07, 6.45) is 1.66. The maximum atomic E-state index is 13.4. The van der Waals surface area contributed by atoms with Gasteiger partial charge in [-0.25, -0.2) is 0 Å². The predicted octanol–water partition coefficient (Wildman–Crippen LogP) is 5.11. The summed E-state index contributed by atoms with van der Waals surface area (Å²) in [4.78, 5) is 31.3. The Kier molecular flexibility index (Phi) is 4.98. The second-order valence-electron chi connectivity index (χ2n) is 7.98. The van der Waals surface area contributed by atoms with E-state index in [-0.39, 0.29) is 11.3 Å². The summed E-state index contributed by atoms with van der Waals surface area (Å²) in [5.74, 6) is -1.03. The van der Waals surface area contributed by atoms with E-state index in [1.807, 2.05) is 55.5 Å². The van der Waals surface area contributed by atoms with Crippen molar-refractivity contribution in [1.29, 1.82) is 0 Å². The lowest BCUT2D eigenvalue weighted by atomic mass is 9.94. The number of carbonyl (C=O) groups is 2. The minimum Gasteiger partial charge on any atom is -0.507 e. The number of anilines is 1. The SMILES string of the molecule is COc1cccc(C2/C(=C(/O)c3c[nH]c4ccccc34)C(=O)C(=O)N2c2ccccc2C)c1. The van der Waals surface area contributed by atoms with Crippen LogP contribution in [0.4, 0.5) is 5.69 Å². The molecule has 2 N–H and O–H groups in total. The molecule has 5 rings (SSSR count). The normalized spacial score (nSPS) is 17.6. The van der Waals surface area contributed by atoms with Crippen LogP contribution in [0.1, 0.15) is 22.7 Å². The van der Waals surface area contributed by atoms with Crippen LogP contribution >= 0.6 is 0 Å². The number of methoxy groups -OCH3 is 1. The fraction of sp³-hybridized carbons (Fsp3) is 0.111. The van der Waals surface area contributed by atoms with Crippen molar-refractivity contribution in [1.82, 2.24) is 4.98 Å². The van der Waals surface area contributed by atoms with Gasteiger partial charge in [-0.3, -0.25) is 14.5 Å². The Morgan fingerprint density at radius 3 is 2.55 bits per heavy atom. The van der Waals surface area contributed by atoms with Crippen molar-refractivity contribution in [3.05, 3.63) is 101 Å². The van der Waals surface area contributed by atoms with E-state index < -0.39 is 17.7 Å². The molecule has 1 aliphatic heterocycles. The third-order valence-electron chi connectivity index (χ3n) is 6.07. The molecule has 1 aromatic heterocycles. The van der Waals surface area contributed by atoms with E-state index in [0.29, 0.717) is 22.6 Å². The van der Waals surface area contributed by atoms with Gasteiger partial charge < -0.3 is 14.8 Å². The summed E-state index contributed by atoms with van der Waals surface area (Å²) < 4.78 is 5.39. The number of aliphatic hydroxyl groups excluding tert-OH is 1. The van der Waals surface area contributed by atoms with E-state index in [4.69, 9.17) is 4.74 Å². The van der Waals surface area contributed by atoms with Gasteiger partial charge in [-0.05, 0) is 42.3 Å². The molecular formula is C27H22N2O4. The van der Waals surface area contributed by atoms with Crippen molar-refractivity contribution in [2.75, 3.05) is 12.0 Å². The smallest absolute Gasteiger partial charge is 0.300 e. The summed E-state index contributed by atoms with van der Waals surface area (Å²) >= 11 is 0. The number of carbonyl (C=O) groups excluding carboxylic acids is 2. The Morgan fingerprint density at radius 2 is 1.76 bits per heavy atom. The van der Waals surface area contributed by atoms with Crippen molar-refractivity contribution in [3.63, 3.8) is 0 Å². The zero-order valence-electron chi connectivity index (χ0n) is 18.2. The molecule has 0 saturated carbocycles. The van der Waals surface area contributed by atoms with Gasteiger partial charge in [-0.2, -0.15) is 0 Å². The molecule has 6 nitrogen and oxygen atoms in total. The summed E-state index contributed by atoms with van der Waals surface area (Å²) in [6, 6.07) is 21.3. The van der Waals surface area contributed by atoms with E-state index in [1.165, 1.54) is 4.90 Å². The first-order chi connectivity index (χ1) is 16.0. The Bertz CT molecular complexity index is 1430. The van der Waals surface area contributed by atoms with E-state index in [1.54, 1.807) is 37.6 Å². The highest BCUT2D eigenvalue weighted by molar-refractivity contribution is 6.52. The van der Waals surface area contributed by atoms with Gasteiger partial charge >= 0.3 is 0 Å². The molecule has 33 heavy (non-hydrogen) atoms. The van der Waals surface area contributed by atoms with Gasteiger partial charge in [-0.1, -0.05) is 48.5 Å². The number of hydrogen-bond donors (Lipinski definition) is 2. The van der Waals surface area contributed by atoms with E-state index in [9.17, 15) is 14.7 Å². The van der Waals surface area contributed by atoms with E-state index >= 15 is 0 Å². The van der Waals surface area contributed by atoms with Gasteiger partial charge in [0.1, 0.15) is 11.5 Å². The number of nitrogens with zero attached hydrogens (tertiary/aromatic N) is 1. The summed E-state index contributed by atoms with van der Waals surface area (Å²) in [6.45, 7) is 1.89. The molecule has 2 heterocycles. The van der Waals surface area contributed by atoms with Crippen molar-refractivity contribution in [2.24, 2.45) is 0 Å². The standard InChI is InChI=1S/C27H22N2O4/c1-16-8-3-6-13-22(16)29-24(17-9-7-10-18(14-17)33-2)23(26(31)27(29)32)25(30)20-15-28-21-12-5-4-11-19(20)21/h3-15,24,28,30H,1-2H3/b25-23-. The molecule has 1 atom stereocenters. The number of ketones is 1. The van der Waals surface area contributed by atoms with Gasteiger partial charge in [0.05, 0.1) is 18.7 Å². The molecule has 3 aromatic carbocycles. The average Bonchev–Trinajstić information content (AvgIpc) is 3.38. The number of hydrogen-bond acceptors (Lipinski definition) is 4. The molecule has 1 saturated heterocycles. The van der Waals surface area contributed by atoms with Crippen LogP contribution < -0.4 is 9.64 Å². The lowest BCUT2D eigenvalue weighted by Crippen LogP contribution is -2.30. The number of aromatic nitrogens is 1. The number of H-pyrrole nitrogens is 1. The summed E-state index contributed by atoms with van der Waals surface area (Å²) in [5, 5.41) is 12.2. The molecular weight excluding hydrogens is 416 g/mol. The number of amides is 1. The highest BCUT2D eigenvalue weighted by atomic mass is 16.5. The van der Waals surface area contributed by atoms with Crippen LogP contribution in [0.2, 0.25) is 0 Å². The van der Waals surface area contributed by atoms with Gasteiger partial charge in [0, 0.05) is 28.4 Å². The second kappa shape index (κ2) is 7.98. The minimum atomic E-state index is -0.810. The van der Waals surface area contributed by atoms with E-state index in [0.717, 1.165) is 16.5 Å². The molecule has 1 unspecified atom stereocenters. The number of benzene rings is 3. The highest BCUT2D eigenvalue weighted by Crippen LogP contribution is 2.44. The monoisotopic (exact) mass is 438 g/mol. The van der Waals surface area contributed by atoms with Crippen LogP contribution in [-0.4, -0.2) is 28.9 Å². The molecule has 6 heteroatoms. The number of para-hydroxylation sites is 2. The zero-order chi connectivity index (χ0) is 23.1. The van der Waals surface area contributed by atoms with Gasteiger partial charge in [0.2, 0.25) is 0 Å². The summed E-state index contributed by atoms with van der Waals surface area (Å²) in [7, 11) is 1.56. The first kappa shape index (κ1) is 20.6. The average molecular weight is 438 g/mol. The molecule has 1 fully saturated rings. The Labute approximate surface area is 190 Å². The third kappa shape index (κ3) is 3.27. The minimum absolute atomic E-state index is 0.0428. The largest absolute Gasteiger partial charge is 0.507 e. The van der Waals surface area contributed by atoms with Crippen LogP contribution in [0, 0.1) is 6.92 Å². The van der Waals surface area contributed by atoms with Gasteiger partial charge in [0.15, 0.2) is 0 Å². The fourth-order valence-corrected chi connectivity index (χ4v) is 4.45. The van der Waals surface area contributed by atoms with Crippen LogP contribution in [0.5, 0.6) is 5.75 Å². The molecule has 0 bridgehead atoms. The topological polar surface area (TPSA) is 82.6 Å². The third-order valence-corrected chi connectivity index (χ3v) is 6.07. The van der Waals surface area contributed by atoms with Crippen molar-refractivity contribution in [3.8, 4) is 5.75 Å². The van der Waals surface area contributed by atoms with Gasteiger partial charge in [-0.15, -0.1) is 0 Å². The molecule has 1 aliphatic rings. The van der Waals surface area contributed by atoms with E-state index in [2.05, 4.69) is 4.98 Å². The molecule has 1 amide bonds. The zero-order valence-corrected chi connectivity index (χ0v) is 18.2. The maximum absolute atomic E-state index is 13.4. The number of aromatic amines is 1. The Balaban J connectivity index is 1.78. The molecule has 0 spiro atoms. The Morgan fingerprint density at radius 1 is 1.00 bits per heavy atom. The molecule has 164 valence electrons. The second-order valence-corrected chi connectivity index (χ2v) is 7.98. The first-order valence-electron chi connectivity index (χ1n) is 10.6. The number of aliphatic hydroxyl groups is 1. The number of nitrogens with one attached hydrogen (secondary N) is 1. The first-order valence-corrected chi connectivity index (χ1v) is 10.6. The van der Waals surface area contributed by atoms with Crippen LogP contribution in [0.3, 0.4) is 0 Å². The van der Waals surface area contributed by atoms with Crippen LogP contribution in [0.25, 0.3) is 16.7 Å². The van der Waals surface area contributed by atoms with Crippen LogP contribution in [0.15, 0.2) is 84.6 Å². The van der Waals surface area contributed by atoms with Crippen LogP contribution in [-0.2, 0) is 9.59 Å². The van der Waals surface area contributed by atoms with Crippen molar-refractivity contribution >= 4 is 34.0 Å². The quantitative estimate of drug-likeness (QED) is 0.263. The molecule has 0 aliphatic carbocycles.